The Hall–Kier alpha value is -1.23. The summed E-state index contributed by atoms with van der Waals surface area (Å²) in [6.45, 7) is 3.23. The highest BCUT2D eigenvalue weighted by Crippen LogP contribution is 2.31. The number of alkyl halides is 3. The highest BCUT2D eigenvalue weighted by molar-refractivity contribution is 5.48. The van der Waals surface area contributed by atoms with Crippen molar-refractivity contribution in [3.63, 3.8) is 0 Å². The van der Waals surface area contributed by atoms with Crippen molar-refractivity contribution >= 4 is 5.69 Å². The number of aliphatic hydroxyl groups excluding tert-OH is 1. The van der Waals surface area contributed by atoms with Crippen LogP contribution in [-0.2, 0) is 6.18 Å². The van der Waals surface area contributed by atoms with E-state index < -0.39 is 17.8 Å². The predicted molar refractivity (Wildman–Crippen MR) is 63.4 cm³/mol. The SMILES string of the molecule is CC1CCN(c2ccc(C(F)(F)F)cc2)CC1O. The van der Waals surface area contributed by atoms with Crippen LogP contribution in [0.1, 0.15) is 18.9 Å². The number of rotatable bonds is 1. The molecule has 0 radical (unpaired) electrons. The molecule has 100 valence electrons. The van der Waals surface area contributed by atoms with E-state index in [1.165, 1.54) is 12.1 Å². The number of aliphatic hydroxyl groups is 1. The second-order valence-corrected chi connectivity index (χ2v) is 4.82. The Labute approximate surface area is 104 Å². The molecule has 1 N–H and O–H groups in total. The first kappa shape index (κ1) is 13.2. The molecule has 1 aromatic rings. The Bertz CT molecular complexity index is 402. The van der Waals surface area contributed by atoms with Gasteiger partial charge in [-0.05, 0) is 36.6 Å². The van der Waals surface area contributed by atoms with E-state index in [4.69, 9.17) is 0 Å². The molecule has 2 nitrogen and oxygen atoms in total. The first-order chi connectivity index (χ1) is 8.38. The monoisotopic (exact) mass is 259 g/mol. The van der Waals surface area contributed by atoms with Crippen LogP contribution in [0.15, 0.2) is 24.3 Å². The van der Waals surface area contributed by atoms with Crippen LogP contribution >= 0.6 is 0 Å². The van der Waals surface area contributed by atoms with E-state index in [1.807, 2.05) is 11.8 Å². The molecule has 1 heterocycles. The minimum Gasteiger partial charge on any atom is -0.391 e. The van der Waals surface area contributed by atoms with Crippen LogP contribution in [0.4, 0.5) is 18.9 Å². The molecule has 5 heteroatoms. The maximum Gasteiger partial charge on any atom is 0.416 e. The molecular weight excluding hydrogens is 243 g/mol. The van der Waals surface area contributed by atoms with Gasteiger partial charge in [-0.15, -0.1) is 0 Å². The van der Waals surface area contributed by atoms with Gasteiger partial charge in [-0.2, -0.15) is 13.2 Å². The van der Waals surface area contributed by atoms with Gasteiger partial charge in [0.2, 0.25) is 0 Å². The van der Waals surface area contributed by atoms with Crippen molar-refractivity contribution in [2.75, 3.05) is 18.0 Å². The number of benzene rings is 1. The van der Waals surface area contributed by atoms with E-state index in [0.29, 0.717) is 6.54 Å². The lowest BCUT2D eigenvalue weighted by Crippen LogP contribution is -2.42. The molecule has 0 spiro atoms. The smallest absolute Gasteiger partial charge is 0.391 e. The zero-order valence-electron chi connectivity index (χ0n) is 10.1. The van der Waals surface area contributed by atoms with E-state index in [2.05, 4.69) is 0 Å². The van der Waals surface area contributed by atoms with Gasteiger partial charge in [0.1, 0.15) is 0 Å². The molecule has 1 fully saturated rings. The molecule has 1 aliphatic rings. The van der Waals surface area contributed by atoms with Gasteiger partial charge in [-0.3, -0.25) is 0 Å². The van der Waals surface area contributed by atoms with Gasteiger partial charge >= 0.3 is 6.18 Å². The third kappa shape index (κ3) is 2.77. The average molecular weight is 259 g/mol. The zero-order valence-corrected chi connectivity index (χ0v) is 10.1. The Morgan fingerprint density at radius 1 is 1.22 bits per heavy atom. The molecule has 0 bridgehead atoms. The molecule has 0 aliphatic carbocycles. The van der Waals surface area contributed by atoms with Crippen LogP contribution in [0.5, 0.6) is 0 Å². The Morgan fingerprint density at radius 2 is 1.83 bits per heavy atom. The lowest BCUT2D eigenvalue weighted by molar-refractivity contribution is -0.137. The van der Waals surface area contributed by atoms with Crippen molar-refractivity contribution in [2.24, 2.45) is 5.92 Å². The van der Waals surface area contributed by atoms with Crippen LogP contribution in [0.2, 0.25) is 0 Å². The number of hydrogen-bond acceptors (Lipinski definition) is 2. The standard InChI is InChI=1S/C13H16F3NO/c1-9-6-7-17(8-12(9)18)11-4-2-10(3-5-11)13(14,15)16/h2-5,9,12,18H,6-8H2,1H3. The molecule has 1 saturated heterocycles. The van der Waals surface area contributed by atoms with Crippen molar-refractivity contribution < 1.29 is 18.3 Å². The minimum absolute atomic E-state index is 0.246. The van der Waals surface area contributed by atoms with Crippen LogP contribution in [0.25, 0.3) is 0 Å². The molecule has 1 aliphatic heterocycles. The Balaban J connectivity index is 2.11. The van der Waals surface area contributed by atoms with Crippen LogP contribution < -0.4 is 4.90 Å². The summed E-state index contributed by atoms with van der Waals surface area (Å²) in [6.07, 6.45) is -3.86. The van der Waals surface area contributed by atoms with E-state index in [-0.39, 0.29) is 5.92 Å². The quantitative estimate of drug-likeness (QED) is 0.838. The summed E-state index contributed by atoms with van der Waals surface area (Å²) >= 11 is 0. The number of nitrogens with zero attached hydrogens (tertiary/aromatic N) is 1. The van der Waals surface area contributed by atoms with Crippen molar-refractivity contribution in [1.82, 2.24) is 0 Å². The summed E-state index contributed by atoms with van der Waals surface area (Å²) in [5.74, 6) is 0.246. The Kier molecular flexibility index (Phi) is 3.52. The third-order valence-electron chi connectivity index (χ3n) is 3.48. The normalized spacial score (nSPS) is 25.3. The molecule has 0 aromatic heterocycles. The highest BCUT2D eigenvalue weighted by atomic mass is 19.4. The van der Waals surface area contributed by atoms with E-state index in [1.54, 1.807) is 0 Å². The third-order valence-corrected chi connectivity index (χ3v) is 3.48. The van der Waals surface area contributed by atoms with Gasteiger partial charge in [0, 0.05) is 18.8 Å². The fraction of sp³-hybridized carbons (Fsp3) is 0.538. The van der Waals surface area contributed by atoms with Crippen molar-refractivity contribution in [3.8, 4) is 0 Å². The largest absolute Gasteiger partial charge is 0.416 e. The van der Waals surface area contributed by atoms with Gasteiger partial charge in [0.25, 0.3) is 0 Å². The summed E-state index contributed by atoms with van der Waals surface area (Å²) in [5.41, 5.74) is 0.0890. The molecule has 0 saturated carbocycles. The van der Waals surface area contributed by atoms with E-state index in [9.17, 15) is 18.3 Å². The maximum absolute atomic E-state index is 12.4. The molecule has 18 heavy (non-hydrogen) atoms. The van der Waals surface area contributed by atoms with Crippen LogP contribution in [-0.4, -0.2) is 24.3 Å². The average Bonchev–Trinajstić information content (AvgIpc) is 2.32. The minimum atomic E-state index is -4.30. The number of halogens is 3. The van der Waals surface area contributed by atoms with E-state index in [0.717, 1.165) is 30.8 Å². The molecule has 0 amide bonds. The number of piperidine rings is 1. The predicted octanol–water partition coefficient (Wildman–Crippen LogP) is 2.91. The second-order valence-electron chi connectivity index (χ2n) is 4.82. The number of hydrogen-bond donors (Lipinski definition) is 1. The summed E-state index contributed by atoms with van der Waals surface area (Å²) < 4.78 is 37.3. The lowest BCUT2D eigenvalue weighted by Gasteiger charge is -2.35. The molecule has 1 aromatic carbocycles. The molecule has 2 unspecified atom stereocenters. The summed E-state index contributed by atoms with van der Waals surface area (Å²) in [7, 11) is 0. The number of anilines is 1. The van der Waals surface area contributed by atoms with Crippen molar-refractivity contribution in [3.05, 3.63) is 29.8 Å². The van der Waals surface area contributed by atoms with Crippen LogP contribution in [0.3, 0.4) is 0 Å². The summed E-state index contributed by atoms with van der Waals surface area (Å²) in [4.78, 5) is 1.92. The van der Waals surface area contributed by atoms with Gasteiger partial charge in [0.05, 0.1) is 11.7 Å². The fourth-order valence-corrected chi connectivity index (χ4v) is 2.14. The lowest BCUT2D eigenvalue weighted by atomic mass is 9.95. The first-order valence-electron chi connectivity index (χ1n) is 5.98. The van der Waals surface area contributed by atoms with Gasteiger partial charge in [-0.1, -0.05) is 6.92 Å². The first-order valence-corrected chi connectivity index (χ1v) is 5.98. The summed E-state index contributed by atoms with van der Waals surface area (Å²) in [5, 5.41) is 9.77. The Morgan fingerprint density at radius 3 is 2.33 bits per heavy atom. The van der Waals surface area contributed by atoms with Crippen molar-refractivity contribution in [1.29, 1.82) is 0 Å². The fourth-order valence-electron chi connectivity index (χ4n) is 2.14. The maximum atomic E-state index is 12.4. The van der Waals surface area contributed by atoms with E-state index >= 15 is 0 Å². The zero-order chi connectivity index (χ0) is 13.3. The van der Waals surface area contributed by atoms with Crippen molar-refractivity contribution in [2.45, 2.75) is 25.6 Å². The molecular formula is C13H16F3NO. The highest BCUT2D eigenvalue weighted by Gasteiger charge is 2.30. The van der Waals surface area contributed by atoms with Gasteiger partial charge in [-0.25, -0.2) is 0 Å². The summed E-state index contributed by atoms with van der Waals surface area (Å²) in [6, 6.07) is 5.09. The van der Waals surface area contributed by atoms with Gasteiger partial charge in [0.15, 0.2) is 0 Å². The molecule has 2 atom stereocenters. The van der Waals surface area contributed by atoms with Crippen LogP contribution in [0, 0.1) is 5.92 Å². The number of β-amino-alcohol motifs (C(OH)–C–C–N with tert-alkyl or cyclic N) is 1. The van der Waals surface area contributed by atoms with Gasteiger partial charge < -0.3 is 10.0 Å². The molecule has 2 rings (SSSR count). The topological polar surface area (TPSA) is 23.5 Å². The second kappa shape index (κ2) is 4.80.